The maximum absolute atomic E-state index is 9.34. The van der Waals surface area contributed by atoms with Crippen LogP contribution in [0, 0.1) is 29.1 Å². The van der Waals surface area contributed by atoms with E-state index in [4.69, 9.17) is 15.0 Å². The van der Waals surface area contributed by atoms with E-state index in [1.807, 2.05) is 42.5 Å². The number of nitriles is 1. The highest BCUT2D eigenvalue weighted by molar-refractivity contribution is 5.86. The fraction of sp³-hybridized carbons (Fsp3) is 0.244. The fourth-order valence-corrected chi connectivity index (χ4v) is 8.90. The van der Waals surface area contributed by atoms with Gasteiger partial charge >= 0.3 is 0 Å². The van der Waals surface area contributed by atoms with Crippen molar-refractivity contribution in [3.05, 3.63) is 139 Å². The molecule has 6 aromatic rings. The molecule has 4 nitrogen and oxygen atoms in total. The van der Waals surface area contributed by atoms with Crippen molar-refractivity contribution in [1.82, 2.24) is 15.0 Å². The van der Waals surface area contributed by atoms with Crippen LogP contribution in [0.5, 0.6) is 0 Å². The van der Waals surface area contributed by atoms with Crippen LogP contribution in [0.25, 0.3) is 56.4 Å². The summed E-state index contributed by atoms with van der Waals surface area (Å²) in [6, 6.07) is 46.3. The summed E-state index contributed by atoms with van der Waals surface area (Å²) >= 11 is 0. The monoisotopic (exact) mass is 636 g/mol. The molecule has 0 saturated heterocycles. The van der Waals surface area contributed by atoms with Gasteiger partial charge in [-0.1, -0.05) is 111 Å². The molecule has 0 amide bonds. The third kappa shape index (κ3) is 6.18. The zero-order valence-corrected chi connectivity index (χ0v) is 28.2. The van der Waals surface area contributed by atoms with E-state index in [9.17, 15) is 5.26 Å². The van der Waals surface area contributed by atoms with Gasteiger partial charge in [-0.3, -0.25) is 0 Å². The van der Waals surface area contributed by atoms with Gasteiger partial charge in [-0.25, -0.2) is 15.0 Å². The molecule has 2 fully saturated rings. The largest absolute Gasteiger partial charge is 0.208 e. The molecular weight excluding hydrogens is 597 g/mol. The van der Waals surface area contributed by atoms with Crippen molar-refractivity contribution in [2.24, 2.45) is 17.8 Å². The molecular formula is C45H40N4. The molecule has 1 heterocycles. The van der Waals surface area contributed by atoms with Crippen molar-refractivity contribution < 1.29 is 0 Å². The van der Waals surface area contributed by atoms with Gasteiger partial charge in [0.1, 0.15) is 0 Å². The van der Waals surface area contributed by atoms with Gasteiger partial charge in [-0.15, -0.1) is 0 Å². The number of aromatic nitrogens is 3. The number of benzene rings is 5. The van der Waals surface area contributed by atoms with Gasteiger partial charge in [-0.05, 0) is 113 Å². The number of hydrogen-bond donors (Lipinski definition) is 0. The molecule has 49 heavy (non-hydrogen) atoms. The standard InChI is InChI=1S/C45H40N4/c1-30-23-33-24-31(2)27-45(26-30,28-33)39-20-17-35(18-21-39)40-22-19-38(25-41(40)34-9-5-3-6-10-34)44-48-42(36-11-7-4-8-12-36)47-43(49-44)37-15-13-32(29-46)14-16-37/h3-22,25,30-31,33H,23-24,26-28H2,1-2H3/t30-,31+,33?,45?. The Morgan fingerprint density at radius 1 is 0.531 bits per heavy atom. The molecule has 2 bridgehead atoms. The lowest BCUT2D eigenvalue weighted by molar-refractivity contribution is 0.0780. The van der Waals surface area contributed by atoms with Crippen LogP contribution in [0.2, 0.25) is 0 Å². The molecule has 0 aliphatic heterocycles. The molecule has 2 aliphatic carbocycles. The Hall–Kier alpha value is -5.40. The van der Waals surface area contributed by atoms with Gasteiger partial charge in [0.2, 0.25) is 0 Å². The highest BCUT2D eigenvalue weighted by atomic mass is 15.0. The second-order valence-corrected chi connectivity index (χ2v) is 14.5. The normalized spacial score (nSPS) is 21.5. The molecule has 1 aromatic heterocycles. The SMILES string of the molecule is C[C@@H]1CC2C[C@H](C)CC(c3ccc(-c4ccc(-c5nc(-c6ccccc6)nc(-c6ccc(C#N)cc6)n5)cc4-c4ccccc4)cc3)(C2)C1. The second kappa shape index (κ2) is 12.9. The maximum atomic E-state index is 9.34. The van der Waals surface area contributed by atoms with Crippen LogP contribution in [0.3, 0.4) is 0 Å². The predicted molar refractivity (Wildman–Crippen MR) is 198 cm³/mol. The van der Waals surface area contributed by atoms with E-state index >= 15 is 0 Å². The zero-order valence-electron chi connectivity index (χ0n) is 28.2. The molecule has 2 aliphatic rings. The third-order valence-electron chi connectivity index (χ3n) is 10.7. The molecule has 0 N–H and O–H groups in total. The van der Waals surface area contributed by atoms with E-state index in [0.717, 1.165) is 45.6 Å². The summed E-state index contributed by atoms with van der Waals surface area (Å²) in [5.41, 5.74) is 9.81. The Labute approximate surface area is 289 Å². The lowest BCUT2D eigenvalue weighted by Gasteiger charge is -2.50. The Bertz CT molecular complexity index is 2110. The number of nitrogens with zero attached hydrogens (tertiary/aromatic N) is 4. The van der Waals surface area contributed by atoms with Crippen LogP contribution in [0.1, 0.15) is 57.1 Å². The topological polar surface area (TPSA) is 62.5 Å². The predicted octanol–water partition coefficient (Wildman–Crippen LogP) is 11.2. The minimum atomic E-state index is 0.312. The molecule has 8 rings (SSSR count). The van der Waals surface area contributed by atoms with Gasteiger partial charge in [0, 0.05) is 16.7 Å². The average molecular weight is 637 g/mol. The van der Waals surface area contributed by atoms with Crippen LogP contribution in [-0.2, 0) is 5.41 Å². The molecule has 2 saturated carbocycles. The highest BCUT2D eigenvalue weighted by Crippen LogP contribution is 2.54. The first-order valence-corrected chi connectivity index (χ1v) is 17.6. The summed E-state index contributed by atoms with van der Waals surface area (Å²) in [7, 11) is 0. The van der Waals surface area contributed by atoms with Gasteiger partial charge in [0.15, 0.2) is 17.5 Å². The number of hydrogen-bond acceptors (Lipinski definition) is 4. The minimum Gasteiger partial charge on any atom is -0.208 e. The van der Waals surface area contributed by atoms with Gasteiger partial charge in [0.25, 0.3) is 0 Å². The van der Waals surface area contributed by atoms with Gasteiger partial charge in [0.05, 0.1) is 11.6 Å². The molecule has 0 radical (unpaired) electrons. The van der Waals surface area contributed by atoms with E-state index in [1.165, 1.54) is 48.8 Å². The summed E-state index contributed by atoms with van der Waals surface area (Å²) in [5, 5.41) is 9.34. The lowest BCUT2D eigenvalue weighted by Crippen LogP contribution is -2.42. The average Bonchev–Trinajstić information content (AvgIpc) is 3.14. The van der Waals surface area contributed by atoms with E-state index in [-0.39, 0.29) is 0 Å². The summed E-state index contributed by atoms with van der Waals surface area (Å²) in [6.07, 6.45) is 6.73. The second-order valence-electron chi connectivity index (χ2n) is 14.5. The molecule has 0 spiro atoms. The third-order valence-corrected chi connectivity index (χ3v) is 10.7. The summed E-state index contributed by atoms with van der Waals surface area (Å²) in [6.45, 7) is 4.92. The molecule has 4 atom stereocenters. The number of fused-ring (bicyclic) bond motifs is 2. The van der Waals surface area contributed by atoms with Crippen molar-refractivity contribution in [1.29, 1.82) is 5.26 Å². The maximum Gasteiger partial charge on any atom is 0.164 e. The van der Waals surface area contributed by atoms with E-state index < -0.39 is 0 Å². The number of rotatable bonds is 6. The Kier molecular flexibility index (Phi) is 8.14. The van der Waals surface area contributed by atoms with Crippen LogP contribution < -0.4 is 0 Å². The zero-order chi connectivity index (χ0) is 33.4. The minimum absolute atomic E-state index is 0.312. The molecule has 5 aromatic carbocycles. The summed E-state index contributed by atoms with van der Waals surface area (Å²) in [4.78, 5) is 14.9. The van der Waals surface area contributed by atoms with Crippen LogP contribution >= 0.6 is 0 Å². The van der Waals surface area contributed by atoms with Gasteiger partial charge in [-0.2, -0.15) is 5.26 Å². The van der Waals surface area contributed by atoms with E-state index in [1.54, 1.807) is 12.1 Å². The summed E-state index contributed by atoms with van der Waals surface area (Å²) < 4.78 is 0. The lowest BCUT2D eigenvalue weighted by atomic mass is 9.54. The van der Waals surface area contributed by atoms with Crippen LogP contribution in [0.15, 0.2) is 127 Å². The molecule has 240 valence electrons. The van der Waals surface area contributed by atoms with Crippen molar-refractivity contribution in [3.8, 4) is 62.5 Å². The van der Waals surface area contributed by atoms with Crippen molar-refractivity contribution in [3.63, 3.8) is 0 Å². The quantitative estimate of drug-likeness (QED) is 0.182. The van der Waals surface area contributed by atoms with Crippen molar-refractivity contribution in [2.75, 3.05) is 0 Å². The fourth-order valence-electron chi connectivity index (χ4n) is 8.90. The first-order valence-electron chi connectivity index (χ1n) is 17.6. The first kappa shape index (κ1) is 30.9. The van der Waals surface area contributed by atoms with Crippen molar-refractivity contribution in [2.45, 2.75) is 51.4 Å². The smallest absolute Gasteiger partial charge is 0.164 e. The first-order chi connectivity index (χ1) is 24.0. The van der Waals surface area contributed by atoms with E-state index in [2.05, 4.69) is 92.7 Å². The Morgan fingerprint density at radius 3 is 1.61 bits per heavy atom. The molecule has 4 heteroatoms. The Balaban J connectivity index is 1.22. The van der Waals surface area contributed by atoms with Crippen LogP contribution in [-0.4, -0.2) is 15.0 Å². The summed E-state index contributed by atoms with van der Waals surface area (Å²) in [5.74, 6) is 4.24. The molecule has 2 unspecified atom stereocenters. The van der Waals surface area contributed by atoms with Gasteiger partial charge < -0.3 is 0 Å². The highest BCUT2D eigenvalue weighted by Gasteiger charge is 2.45. The van der Waals surface area contributed by atoms with E-state index in [0.29, 0.717) is 28.5 Å². The Morgan fingerprint density at radius 2 is 1.02 bits per heavy atom. The van der Waals surface area contributed by atoms with Crippen LogP contribution in [0.4, 0.5) is 0 Å². The van der Waals surface area contributed by atoms with Crippen molar-refractivity contribution >= 4 is 0 Å².